The smallest absolute Gasteiger partial charge is 0.291 e. The molecule has 0 bridgehead atoms. The Labute approximate surface area is 159 Å². The SMILES string of the molecule is CN(Cc1nccn1C)c1ccc(-n2ncc(Cl)c(Cl)c2=O)cc1Cl. The first-order valence-electron chi connectivity index (χ1n) is 7.29. The van der Waals surface area contributed by atoms with E-state index in [1.165, 1.54) is 6.20 Å². The number of halogens is 3. The summed E-state index contributed by atoms with van der Waals surface area (Å²) in [4.78, 5) is 18.5. The van der Waals surface area contributed by atoms with Gasteiger partial charge in [-0.3, -0.25) is 4.79 Å². The zero-order chi connectivity index (χ0) is 18.1. The summed E-state index contributed by atoms with van der Waals surface area (Å²) >= 11 is 18.1. The highest BCUT2D eigenvalue weighted by atomic mass is 35.5. The lowest BCUT2D eigenvalue weighted by Crippen LogP contribution is -2.22. The van der Waals surface area contributed by atoms with Crippen LogP contribution in [-0.4, -0.2) is 26.4 Å². The lowest BCUT2D eigenvalue weighted by atomic mass is 10.2. The molecule has 0 amide bonds. The maximum absolute atomic E-state index is 12.2. The average molecular weight is 399 g/mol. The van der Waals surface area contributed by atoms with Crippen LogP contribution in [0.1, 0.15) is 5.82 Å². The molecule has 130 valence electrons. The molecule has 6 nitrogen and oxygen atoms in total. The number of imidazole rings is 1. The first-order chi connectivity index (χ1) is 11.9. The lowest BCUT2D eigenvalue weighted by Gasteiger charge is -2.21. The number of rotatable bonds is 4. The van der Waals surface area contributed by atoms with Gasteiger partial charge < -0.3 is 9.47 Å². The van der Waals surface area contributed by atoms with Crippen LogP contribution in [-0.2, 0) is 13.6 Å². The molecule has 0 atom stereocenters. The van der Waals surface area contributed by atoms with Gasteiger partial charge in [-0.25, -0.2) is 4.98 Å². The molecule has 2 heterocycles. The van der Waals surface area contributed by atoms with E-state index in [1.807, 2.05) is 35.8 Å². The maximum Gasteiger partial charge on any atom is 0.291 e. The molecular formula is C16H14Cl3N5O. The van der Waals surface area contributed by atoms with Gasteiger partial charge in [0.2, 0.25) is 0 Å². The number of anilines is 1. The summed E-state index contributed by atoms with van der Waals surface area (Å²) in [6.07, 6.45) is 4.95. The van der Waals surface area contributed by atoms with Gasteiger partial charge in [0.25, 0.3) is 5.56 Å². The van der Waals surface area contributed by atoms with Gasteiger partial charge in [-0.15, -0.1) is 0 Å². The van der Waals surface area contributed by atoms with E-state index in [2.05, 4.69) is 10.1 Å². The van der Waals surface area contributed by atoms with Gasteiger partial charge in [-0.2, -0.15) is 9.78 Å². The van der Waals surface area contributed by atoms with Crippen molar-refractivity contribution in [2.45, 2.75) is 6.54 Å². The van der Waals surface area contributed by atoms with E-state index in [1.54, 1.807) is 18.3 Å². The Morgan fingerprint density at radius 3 is 2.60 bits per heavy atom. The second-order valence-electron chi connectivity index (χ2n) is 5.47. The number of hydrogen-bond acceptors (Lipinski definition) is 4. The Balaban J connectivity index is 1.92. The summed E-state index contributed by atoms with van der Waals surface area (Å²) in [5, 5.41) is 4.51. The Kier molecular flexibility index (Phi) is 5.03. The standard InChI is InChI=1S/C16H14Cl3N5O/c1-22-6-5-20-14(22)9-23(2)13-4-3-10(7-11(13)17)24-16(25)15(19)12(18)8-21-24/h3-8H,9H2,1-2H3. The first kappa shape index (κ1) is 17.8. The monoisotopic (exact) mass is 397 g/mol. The third-order valence-electron chi connectivity index (χ3n) is 3.76. The van der Waals surface area contributed by atoms with Crippen molar-refractivity contribution < 1.29 is 0 Å². The van der Waals surface area contributed by atoms with Crippen LogP contribution >= 0.6 is 34.8 Å². The molecule has 3 aromatic rings. The van der Waals surface area contributed by atoms with E-state index in [0.717, 1.165) is 16.2 Å². The lowest BCUT2D eigenvalue weighted by molar-refractivity contribution is 0.761. The van der Waals surface area contributed by atoms with Gasteiger partial charge in [-0.05, 0) is 18.2 Å². The number of nitrogens with zero attached hydrogens (tertiary/aromatic N) is 5. The Morgan fingerprint density at radius 2 is 1.96 bits per heavy atom. The second-order valence-corrected chi connectivity index (χ2v) is 6.66. The van der Waals surface area contributed by atoms with Gasteiger partial charge in [-0.1, -0.05) is 34.8 Å². The molecule has 0 spiro atoms. The van der Waals surface area contributed by atoms with Crippen LogP contribution in [0.25, 0.3) is 5.69 Å². The van der Waals surface area contributed by atoms with Crippen molar-refractivity contribution in [1.29, 1.82) is 0 Å². The normalized spacial score (nSPS) is 10.9. The van der Waals surface area contributed by atoms with Crippen LogP contribution in [0.3, 0.4) is 0 Å². The minimum atomic E-state index is -0.501. The van der Waals surface area contributed by atoms with Gasteiger partial charge in [0.05, 0.1) is 34.2 Å². The van der Waals surface area contributed by atoms with Crippen molar-refractivity contribution in [1.82, 2.24) is 19.3 Å². The van der Waals surface area contributed by atoms with Crippen molar-refractivity contribution in [3.05, 3.63) is 68.0 Å². The van der Waals surface area contributed by atoms with Crippen LogP contribution in [0.2, 0.25) is 15.1 Å². The third kappa shape index (κ3) is 3.51. The summed E-state index contributed by atoms with van der Waals surface area (Å²) in [7, 11) is 3.85. The topological polar surface area (TPSA) is 56.0 Å². The van der Waals surface area contributed by atoms with Crippen LogP contribution in [0.5, 0.6) is 0 Å². The zero-order valence-electron chi connectivity index (χ0n) is 13.4. The number of benzene rings is 1. The van der Waals surface area contributed by atoms with Gasteiger partial charge in [0.15, 0.2) is 0 Å². The highest BCUT2D eigenvalue weighted by Crippen LogP contribution is 2.28. The Bertz CT molecular complexity index is 982. The molecule has 2 aromatic heterocycles. The first-order valence-corrected chi connectivity index (χ1v) is 8.42. The van der Waals surface area contributed by atoms with E-state index in [4.69, 9.17) is 34.8 Å². The number of aryl methyl sites for hydroxylation is 1. The molecular weight excluding hydrogens is 385 g/mol. The van der Waals surface area contributed by atoms with Crippen molar-refractivity contribution in [3.8, 4) is 5.69 Å². The highest BCUT2D eigenvalue weighted by molar-refractivity contribution is 6.41. The summed E-state index contributed by atoms with van der Waals surface area (Å²) in [5.41, 5.74) is 0.809. The number of hydrogen-bond donors (Lipinski definition) is 0. The van der Waals surface area contributed by atoms with E-state index in [0.29, 0.717) is 17.3 Å². The Morgan fingerprint density at radius 1 is 1.20 bits per heavy atom. The third-order valence-corrected chi connectivity index (χ3v) is 4.81. The molecule has 3 rings (SSSR count). The van der Waals surface area contributed by atoms with Gasteiger partial charge >= 0.3 is 0 Å². The van der Waals surface area contributed by atoms with Crippen molar-refractivity contribution in [3.63, 3.8) is 0 Å². The fourth-order valence-corrected chi connectivity index (χ4v) is 2.95. The minimum absolute atomic E-state index is 0.0798. The van der Waals surface area contributed by atoms with E-state index in [-0.39, 0.29) is 10.0 Å². The molecule has 0 saturated heterocycles. The molecule has 0 unspecified atom stereocenters. The second kappa shape index (κ2) is 7.07. The van der Waals surface area contributed by atoms with Crippen molar-refractivity contribution >= 4 is 40.5 Å². The molecule has 25 heavy (non-hydrogen) atoms. The molecule has 9 heteroatoms. The molecule has 0 radical (unpaired) electrons. The van der Waals surface area contributed by atoms with Crippen molar-refractivity contribution in [2.24, 2.45) is 7.05 Å². The number of aromatic nitrogens is 4. The van der Waals surface area contributed by atoms with Gasteiger partial charge in [0, 0.05) is 26.5 Å². The molecule has 0 fully saturated rings. The minimum Gasteiger partial charge on any atom is -0.366 e. The van der Waals surface area contributed by atoms with E-state index >= 15 is 0 Å². The fourth-order valence-electron chi connectivity index (χ4n) is 2.38. The summed E-state index contributed by atoms with van der Waals surface area (Å²) < 4.78 is 3.10. The zero-order valence-corrected chi connectivity index (χ0v) is 15.7. The summed E-state index contributed by atoms with van der Waals surface area (Å²) in [6.45, 7) is 0.591. The molecule has 0 N–H and O–H groups in total. The molecule has 0 aliphatic carbocycles. The largest absolute Gasteiger partial charge is 0.366 e. The maximum atomic E-state index is 12.2. The molecule has 0 aliphatic heterocycles. The van der Waals surface area contributed by atoms with Gasteiger partial charge in [0.1, 0.15) is 10.8 Å². The van der Waals surface area contributed by atoms with Crippen LogP contribution < -0.4 is 10.5 Å². The predicted octanol–water partition coefficient (Wildman–Crippen LogP) is 3.56. The summed E-state index contributed by atoms with van der Waals surface area (Å²) in [6, 6.07) is 5.22. The van der Waals surface area contributed by atoms with E-state index in [9.17, 15) is 4.79 Å². The van der Waals surface area contributed by atoms with Crippen LogP contribution in [0.15, 0.2) is 41.6 Å². The van der Waals surface area contributed by atoms with Crippen molar-refractivity contribution in [2.75, 3.05) is 11.9 Å². The highest BCUT2D eigenvalue weighted by Gasteiger charge is 2.13. The predicted molar refractivity (Wildman–Crippen MR) is 100 cm³/mol. The quantitative estimate of drug-likeness (QED) is 0.674. The van der Waals surface area contributed by atoms with E-state index < -0.39 is 5.56 Å². The Hall–Kier alpha value is -2.02. The molecule has 1 aromatic carbocycles. The fraction of sp³-hybridized carbons (Fsp3) is 0.188. The molecule has 0 aliphatic rings. The van der Waals surface area contributed by atoms with Crippen LogP contribution in [0.4, 0.5) is 5.69 Å². The average Bonchev–Trinajstić information content (AvgIpc) is 2.97. The summed E-state index contributed by atoms with van der Waals surface area (Å²) in [5.74, 6) is 0.907. The van der Waals surface area contributed by atoms with Crippen LogP contribution in [0, 0.1) is 0 Å². The molecule has 0 saturated carbocycles.